The summed E-state index contributed by atoms with van der Waals surface area (Å²) in [7, 11) is -5.56. The molecule has 0 aromatic rings. The zero-order valence-electron chi connectivity index (χ0n) is 41.7. The molecule has 20 nitrogen and oxygen atoms in total. The highest BCUT2D eigenvalue weighted by atomic mass is 28.4. The molecule has 0 spiro atoms. The number of nitrogens with zero attached hydrogens (tertiary/aromatic N) is 1. The van der Waals surface area contributed by atoms with E-state index in [4.69, 9.17) is 51.2 Å². The van der Waals surface area contributed by atoms with E-state index in [1.807, 2.05) is 41.5 Å². The van der Waals surface area contributed by atoms with Gasteiger partial charge in [-0.15, -0.1) is 0 Å². The molecule has 1 rings (SSSR count). The average molecular weight is 994 g/mol. The molecule has 1 aliphatic heterocycles. The molecule has 0 saturated carbocycles. The Labute approximate surface area is 400 Å². The molecule has 1 heterocycles. The predicted molar refractivity (Wildman–Crippen MR) is 253 cm³/mol. The van der Waals surface area contributed by atoms with Crippen LogP contribution in [0.4, 0.5) is 0 Å². The van der Waals surface area contributed by atoms with Gasteiger partial charge in [0.15, 0.2) is 5.67 Å². The molecule has 0 radical (unpaired) electrons. The van der Waals surface area contributed by atoms with Crippen molar-refractivity contribution in [1.29, 1.82) is 0 Å². The summed E-state index contributed by atoms with van der Waals surface area (Å²) in [4.78, 5) is 69.3. The summed E-state index contributed by atoms with van der Waals surface area (Å²) < 4.78 is 65.4. The normalized spacial score (nSPS) is 13.7. The summed E-state index contributed by atoms with van der Waals surface area (Å²) in [5.74, 6) is -3.02. The van der Waals surface area contributed by atoms with Gasteiger partial charge in [-0.3, -0.25) is 9.59 Å². The van der Waals surface area contributed by atoms with Gasteiger partial charge in [-0.05, 0) is 75.3 Å². The number of ether oxygens (including phenoxy) is 6. The molecule has 2 N–H and O–H groups in total. The van der Waals surface area contributed by atoms with Gasteiger partial charge in [-0.25, -0.2) is 19.2 Å². The number of quaternary nitrogens is 1. The predicted octanol–water partition coefficient (Wildman–Crippen LogP) is 4.49. The topological polar surface area (TPSA) is 239 Å². The average Bonchev–Trinajstić information content (AvgIpc) is 3.27. The van der Waals surface area contributed by atoms with E-state index >= 15 is 0 Å². The SMILES string of the molecule is C=C(C)C(=O)OCCOC(=O)CC[N+]1(CCC(=O)OCCOC(=O)C(=C)C)CCC1[Si](OCC)(OCC)OCC.C=CC(=O)OCCOC(=O)C(=C)C.CCO[Si](CCCN)(OCC)OCC. The van der Waals surface area contributed by atoms with Crippen LogP contribution in [-0.2, 0) is 83.7 Å². The number of hydrogen-bond donors (Lipinski definition) is 1. The number of nitrogens with two attached hydrogens (primary N) is 1. The van der Waals surface area contributed by atoms with E-state index in [-0.39, 0.29) is 69.3 Å². The number of hydrogen-bond acceptors (Lipinski definition) is 19. The zero-order chi connectivity index (χ0) is 51.3. The van der Waals surface area contributed by atoms with Crippen molar-refractivity contribution in [3.8, 4) is 0 Å². The van der Waals surface area contributed by atoms with Crippen molar-refractivity contribution in [3.05, 3.63) is 49.1 Å². The van der Waals surface area contributed by atoms with Crippen LogP contribution >= 0.6 is 0 Å². The van der Waals surface area contributed by atoms with Crippen molar-refractivity contribution in [2.45, 2.75) is 99.7 Å². The lowest BCUT2D eigenvalue weighted by Crippen LogP contribution is -2.78. The van der Waals surface area contributed by atoms with Gasteiger partial charge in [0.1, 0.15) is 39.6 Å². The van der Waals surface area contributed by atoms with Crippen LogP contribution in [0, 0.1) is 0 Å². The third kappa shape index (κ3) is 27.5. The van der Waals surface area contributed by atoms with Crippen LogP contribution in [0.5, 0.6) is 0 Å². The molecule has 1 fully saturated rings. The van der Waals surface area contributed by atoms with E-state index < -0.39 is 53.4 Å². The second-order valence-electron chi connectivity index (χ2n) is 14.5. The van der Waals surface area contributed by atoms with Crippen molar-refractivity contribution in [3.63, 3.8) is 0 Å². The van der Waals surface area contributed by atoms with Gasteiger partial charge in [0.05, 0.1) is 38.9 Å². The Balaban J connectivity index is 0. The minimum atomic E-state index is -3.16. The van der Waals surface area contributed by atoms with Gasteiger partial charge >= 0.3 is 53.4 Å². The first-order chi connectivity index (χ1) is 31.8. The maximum Gasteiger partial charge on any atom is 0.562 e. The molecule has 1 aliphatic rings. The van der Waals surface area contributed by atoms with E-state index in [9.17, 15) is 28.8 Å². The smallest absolute Gasteiger partial charge is 0.462 e. The van der Waals surface area contributed by atoms with Gasteiger partial charge in [0, 0.05) is 68.5 Å². The Kier molecular flexibility index (Phi) is 36.7. The molecule has 0 amide bonds. The van der Waals surface area contributed by atoms with E-state index in [0.29, 0.717) is 75.9 Å². The van der Waals surface area contributed by atoms with Crippen LogP contribution in [0.2, 0.25) is 6.04 Å². The summed E-state index contributed by atoms with van der Waals surface area (Å²) >= 11 is 0. The molecular weight excluding hydrogens is 913 g/mol. The van der Waals surface area contributed by atoms with Crippen molar-refractivity contribution in [2.24, 2.45) is 5.73 Å². The van der Waals surface area contributed by atoms with Crippen LogP contribution in [-0.4, -0.2) is 169 Å². The highest BCUT2D eigenvalue weighted by molar-refractivity contribution is 6.62. The lowest BCUT2D eigenvalue weighted by atomic mass is 10.1. The third-order valence-electron chi connectivity index (χ3n) is 9.19. The summed E-state index contributed by atoms with van der Waals surface area (Å²) in [6.07, 6.45) is 2.84. The molecule has 67 heavy (non-hydrogen) atoms. The first kappa shape index (κ1) is 65.0. The number of likely N-dealkylation sites (tertiary alicyclic amines) is 1. The van der Waals surface area contributed by atoms with E-state index in [0.717, 1.165) is 25.0 Å². The number of rotatable bonds is 35. The lowest BCUT2D eigenvalue weighted by molar-refractivity contribution is -0.979. The summed E-state index contributed by atoms with van der Waals surface area (Å²) in [5, 5.41) is 0. The highest BCUT2D eigenvalue weighted by Gasteiger charge is 2.65. The zero-order valence-corrected chi connectivity index (χ0v) is 43.7. The Hall–Kier alpha value is -4.11. The highest BCUT2D eigenvalue weighted by Crippen LogP contribution is 2.38. The monoisotopic (exact) mass is 994 g/mol. The summed E-state index contributed by atoms with van der Waals surface area (Å²) in [5.41, 5.74) is 6.15. The van der Waals surface area contributed by atoms with E-state index in [1.165, 1.54) is 20.8 Å². The van der Waals surface area contributed by atoms with Gasteiger partial charge in [-0.1, -0.05) is 26.3 Å². The number of carbonyl (C=O) groups is 6. The number of esters is 6. The summed E-state index contributed by atoms with van der Waals surface area (Å²) in [6.45, 7) is 34.7. The second kappa shape index (κ2) is 37.8. The maximum atomic E-state index is 12.5. The second-order valence-corrected chi connectivity index (χ2v) is 20.0. The molecule has 1 unspecified atom stereocenters. The molecular formula is C45H81N2O18Si2+. The van der Waals surface area contributed by atoms with Crippen molar-refractivity contribution in [2.75, 3.05) is 105 Å². The standard InChI is InChI=1S/C27H46NO11Si.C9H23NO3Si.C9H12O4/c1-8-37-40(38-9-2,39-10-3)23-11-14-28(23,15-12-24(29)33-17-19-35-26(31)21(4)5)16-13-25(30)34-18-20-36-27(32)22(6)7;1-4-11-14(12-5-2,13-6-3)9-7-8-10;1-4-8(10)12-5-6-13-9(11)7(2)3/h23H,4,6,8-20H2,1-3,5,7H3;4-10H2,1-3H3;4H,1-2,5-6H2,3H3/q+1;;. The fourth-order valence-corrected chi connectivity index (χ4v) is 12.4. The van der Waals surface area contributed by atoms with Gasteiger partial charge in [-0.2, -0.15) is 0 Å². The first-order valence-corrected chi connectivity index (χ1v) is 26.5. The quantitative estimate of drug-likeness (QED) is 0.0230. The van der Waals surface area contributed by atoms with Gasteiger partial charge in [0.25, 0.3) is 0 Å². The van der Waals surface area contributed by atoms with Crippen molar-refractivity contribution < 1.29 is 88.2 Å². The summed E-state index contributed by atoms with van der Waals surface area (Å²) in [6, 6.07) is 0.818. The van der Waals surface area contributed by atoms with E-state index in [2.05, 4.69) is 35.8 Å². The molecule has 0 aliphatic carbocycles. The van der Waals surface area contributed by atoms with Crippen LogP contribution in [0.25, 0.3) is 0 Å². The Morgan fingerprint density at radius 3 is 1.19 bits per heavy atom. The van der Waals surface area contributed by atoms with Gasteiger partial charge in [0.2, 0.25) is 0 Å². The third-order valence-corrected chi connectivity index (χ3v) is 16.1. The maximum absolute atomic E-state index is 12.5. The largest absolute Gasteiger partial charge is 0.562 e. The van der Waals surface area contributed by atoms with Crippen LogP contribution in [0.1, 0.15) is 88.0 Å². The van der Waals surface area contributed by atoms with Crippen molar-refractivity contribution >= 4 is 53.4 Å². The van der Waals surface area contributed by atoms with Gasteiger partial charge < -0.3 is 65.2 Å². The van der Waals surface area contributed by atoms with E-state index in [1.54, 1.807) is 0 Å². The minimum absolute atomic E-state index is 0.0316. The van der Waals surface area contributed by atoms with Crippen LogP contribution in [0.3, 0.4) is 0 Å². The Morgan fingerprint density at radius 1 is 0.567 bits per heavy atom. The molecule has 386 valence electrons. The molecule has 1 saturated heterocycles. The molecule has 0 bridgehead atoms. The lowest BCUT2D eigenvalue weighted by Gasteiger charge is -2.56. The minimum Gasteiger partial charge on any atom is -0.462 e. The fourth-order valence-electron chi connectivity index (χ4n) is 6.18. The Morgan fingerprint density at radius 2 is 0.910 bits per heavy atom. The molecule has 0 aromatic heterocycles. The number of carbonyl (C=O) groups excluding carboxylic acids is 6. The molecule has 1 atom stereocenters. The molecule has 22 heteroatoms. The fraction of sp³-hybridized carbons (Fsp3) is 0.689. The first-order valence-electron chi connectivity index (χ1n) is 22.8. The Bertz CT molecular complexity index is 1460. The van der Waals surface area contributed by atoms with Crippen LogP contribution in [0.15, 0.2) is 49.1 Å². The van der Waals surface area contributed by atoms with Crippen molar-refractivity contribution in [1.82, 2.24) is 0 Å². The molecule has 0 aromatic carbocycles. The van der Waals surface area contributed by atoms with Crippen LogP contribution < -0.4 is 5.73 Å².